The van der Waals surface area contributed by atoms with E-state index in [2.05, 4.69) is 0 Å². The standard InChI is InChI=1S/C24H20FN2O4PS/c1-32(2,28)24-20-11-12-27(33(29,30)16-17-7-4-3-5-8-17)22(20)14-21(25)23(24)31-19-10-6-9-18(13-19)15-26/h3-14H,16H2,1-2H3. The van der Waals surface area contributed by atoms with Gasteiger partial charge >= 0.3 is 0 Å². The van der Waals surface area contributed by atoms with Gasteiger partial charge in [0.05, 0.1) is 28.2 Å². The fraction of sp³-hybridized carbons (Fsp3) is 0.125. The van der Waals surface area contributed by atoms with Gasteiger partial charge in [0.25, 0.3) is 0 Å². The van der Waals surface area contributed by atoms with Gasteiger partial charge in [0.2, 0.25) is 10.0 Å². The van der Waals surface area contributed by atoms with Crippen LogP contribution in [-0.2, 0) is 20.3 Å². The summed E-state index contributed by atoms with van der Waals surface area (Å²) in [6.45, 7) is 2.94. The number of ether oxygens (including phenoxy) is 1. The monoisotopic (exact) mass is 482 g/mol. The van der Waals surface area contributed by atoms with Gasteiger partial charge < -0.3 is 9.30 Å². The predicted molar refractivity (Wildman–Crippen MR) is 127 cm³/mol. The highest BCUT2D eigenvalue weighted by atomic mass is 32.2. The maximum Gasteiger partial charge on any atom is 0.243 e. The van der Waals surface area contributed by atoms with Gasteiger partial charge in [-0.15, -0.1) is 0 Å². The molecule has 4 aromatic rings. The van der Waals surface area contributed by atoms with Crippen molar-refractivity contribution in [3.05, 3.63) is 89.9 Å². The second-order valence-corrected chi connectivity index (χ2v) is 12.9. The zero-order valence-corrected chi connectivity index (χ0v) is 19.6. The lowest BCUT2D eigenvalue weighted by molar-refractivity contribution is 0.446. The number of hydrogen-bond acceptors (Lipinski definition) is 5. The van der Waals surface area contributed by atoms with Gasteiger partial charge in [0, 0.05) is 17.6 Å². The predicted octanol–water partition coefficient (Wildman–Crippen LogP) is 5.07. The molecule has 0 aliphatic carbocycles. The van der Waals surface area contributed by atoms with E-state index in [1.807, 2.05) is 6.07 Å². The van der Waals surface area contributed by atoms with Crippen LogP contribution in [0.4, 0.5) is 4.39 Å². The van der Waals surface area contributed by atoms with Crippen molar-refractivity contribution in [2.75, 3.05) is 13.3 Å². The van der Waals surface area contributed by atoms with Crippen molar-refractivity contribution in [3.8, 4) is 17.6 Å². The minimum absolute atomic E-state index is 0.0838. The molecule has 0 saturated carbocycles. The summed E-state index contributed by atoms with van der Waals surface area (Å²) in [7, 11) is -7.00. The molecular formula is C24H20FN2O4PS. The summed E-state index contributed by atoms with van der Waals surface area (Å²) in [6, 6.07) is 19.4. The molecular weight excluding hydrogens is 462 g/mol. The molecule has 168 valence electrons. The van der Waals surface area contributed by atoms with Crippen molar-refractivity contribution in [2.45, 2.75) is 5.75 Å². The molecule has 6 nitrogen and oxygen atoms in total. The molecule has 0 saturated heterocycles. The molecule has 0 unspecified atom stereocenters. The first-order valence-electron chi connectivity index (χ1n) is 9.94. The molecule has 0 N–H and O–H groups in total. The summed E-state index contributed by atoms with van der Waals surface area (Å²) >= 11 is 0. The number of halogens is 1. The van der Waals surface area contributed by atoms with Gasteiger partial charge in [-0.05, 0) is 43.2 Å². The fourth-order valence-electron chi connectivity index (χ4n) is 3.66. The lowest BCUT2D eigenvalue weighted by atomic mass is 10.2. The Kier molecular flexibility index (Phi) is 5.87. The minimum atomic E-state index is -3.87. The van der Waals surface area contributed by atoms with E-state index in [1.165, 1.54) is 31.7 Å². The molecule has 1 heterocycles. The SMILES string of the molecule is CP(C)(=O)c1c(Oc2cccc(C#N)c2)c(F)cc2c1ccn2S(=O)(=O)Cc1ccccc1. The van der Waals surface area contributed by atoms with Crippen molar-refractivity contribution in [1.29, 1.82) is 5.26 Å². The zero-order chi connectivity index (χ0) is 23.8. The van der Waals surface area contributed by atoms with Crippen LogP contribution in [0.25, 0.3) is 10.9 Å². The molecule has 0 aliphatic rings. The Bertz CT molecular complexity index is 1550. The van der Waals surface area contributed by atoms with Crippen LogP contribution in [0.15, 0.2) is 72.9 Å². The van der Waals surface area contributed by atoms with Crippen molar-refractivity contribution >= 4 is 33.4 Å². The first-order chi connectivity index (χ1) is 15.6. The summed E-state index contributed by atoms with van der Waals surface area (Å²) in [5, 5.41) is 9.54. The van der Waals surface area contributed by atoms with Crippen LogP contribution in [0.5, 0.6) is 11.5 Å². The Morgan fingerprint density at radius 2 is 1.79 bits per heavy atom. The quantitative estimate of drug-likeness (QED) is 0.358. The topological polar surface area (TPSA) is 89.2 Å². The van der Waals surface area contributed by atoms with Gasteiger partial charge in [0.15, 0.2) is 11.6 Å². The van der Waals surface area contributed by atoms with E-state index in [4.69, 9.17) is 10.00 Å². The van der Waals surface area contributed by atoms with E-state index >= 15 is 4.39 Å². The molecule has 3 aromatic carbocycles. The highest BCUT2D eigenvalue weighted by molar-refractivity contribution is 7.89. The van der Waals surface area contributed by atoms with Crippen LogP contribution < -0.4 is 10.0 Å². The number of nitrogens with zero attached hydrogens (tertiary/aromatic N) is 2. The van der Waals surface area contributed by atoms with Gasteiger partial charge in [-0.25, -0.2) is 16.8 Å². The van der Waals surface area contributed by atoms with E-state index in [0.717, 1.165) is 10.0 Å². The van der Waals surface area contributed by atoms with Gasteiger partial charge in [0.1, 0.15) is 12.9 Å². The molecule has 1 aromatic heterocycles. The molecule has 0 spiro atoms. The fourth-order valence-corrected chi connectivity index (χ4v) is 6.53. The number of aromatic nitrogens is 1. The van der Waals surface area contributed by atoms with Crippen molar-refractivity contribution in [2.24, 2.45) is 0 Å². The van der Waals surface area contributed by atoms with Crippen molar-refractivity contribution in [3.63, 3.8) is 0 Å². The normalized spacial score (nSPS) is 11.9. The van der Waals surface area contributed by atoms with Crippen LogP contribution in [0.2, 0.25) is 0 Å². The van der Waals surface area contributed by atoms with Crippen molar-refractivity contribution in [1.82, 2.24) is 3.97 Å². The van der Waals surface area contributed by atoms with E-state index in [-0.39, 0.29) is 28.1 Å². The molecule has 4 rings (SSSR count). The third-order valence-corrected chi connectivity index (χ3v) is 8.19. The lowest BCUT2D eigenvalue weighted by Gasteiger charge is -2.17. The van der Waals surface area contributed by atoms with E-state index in [0.29, 0.717) is 16.5 Å². The van der Waals surface area contributed by atoms with Crippen LogP contribution >= 0.6 is 7.14 Å². The minimum Gasteiger partial charge on any atom is -0.453 e. The van der Waals surface area contributed by atoms with Crippen LogP contribution in [0, 0.1) is 17.1 Å². The Morgan fingerprint density at radius 3 is 2.45 bits per heavy atom. The third kappa shape index (κ3) is 4.56. The molecule has 0 atom stereocenters. The number of hydrogen-bond donors (Lipinski definition) is 0. The average Bonchev–Trinajstić information content (AvgIpc) is 3.17. The summed E-state index contributed by atoms with van der Waals surface area (Å²) in [5.41, 5.74) is 0.999. The van der Waals surface area contributed by atoms with E-state index < -0.39 is 23.0 Å². The van der Waals surface area contributed by atoms with E-state index in [9.17, 15) is 13.0 Å². The van der Waals surface area contributed by atoms with E-state index in [1.54, 1.807) is 48.5 Å². The summed E-state index contributed by atoms with van der Waals surface area (Å²) in [6.07, 6.45) is 1.33. The maximum absolute atomic E-state index is 15.3. The second kappa shape index (κ2) is 8.51. The Morgan fingerprint density at radius 1 is 1.06 bits per heavy atom. The van der Waals surface area contributed by atoms with Gasteiger partial charge in [-0.2, -0.15) is 5.26 Å². The van der Waals surface area contributed by atoms with Gasteiger partial charge in [-0.1, -0.05) is 36.4 Å². The lowest BCUT2D eigenvalue weighted by Crippen LogP contribution is -2.16. The first kappa shape index (κ1) is 22.8. The summed E-state index contributed by atoms with van der Waals surface area (Å²) in [4.78, 5) is 0. The first-order valence-corrected chi connectivity index (χ1v) is 14.2. The van der Waals surface area contributed by atoms with Crippen LogP contribution in [-0.4, -0.2) is 25.7 Å². The maximum atomic E-state index is 15.3. The molecule has 33 heavy (non-hydrogen) atoms. The number of rotatable bonds is 6. The van der Waals surface area contributed by atoms with Gasteiger partial charge in [-0.3, -0.25) is 0 Å². The molecule has 0 aliphatic heterocycles. The second-order valence-electron chi connectivity index (χ2n) is 7.91. The Labute approximate surface area is 191 Å². The number of nitriles is 1. The highest BCUT2D eigenvalue weighted by Crippen LogP contribution is 2.44. The molecule has 0 fully saturated rings. The molecule has 9 heteroatoms. The highest BCUT2D eigenvalue weighted by Gasteiger charge is 2.28. The third-order valence-electron chi connectivity index (χ3n) is 5.05. The number of benzene rings is 3. The average molecular weight is 482 g/mol. The Hall–Kier alpha value is -3.40. The Balaban J connectivity index is 1.88. The molecule has 0 bridgehead atoms. The smallest absolute Gasteiger partial charge is 0.243 e. The zero-order valence-electron chi connectivity index (χ0n) is 17.9. The summed E-state index contributed by atoms with van der Waals surface area (Å²) < 4.78 is 61.5. The summed E-state index contributed by atoms with van der Waals surface area (Å²) in [5.74, 6) is -1.16. The van der Waals surface area contributed by atoms with Crippen molar-refractivity contribution < 1.29 is 22.1 Å². The van der Waals surface area contributed by atoms with Crippen LogP contribution in [0.1, 0.15) is 11.1 Å². The van der Waals surface area contributed by atoms with Crippen LogP contribution in [0.3, 0.4) is 0 Å². The number of fused-ring (bicyclic) bond motifs is 1. The molecule has 0 amide bonds. The largest absolute Gasteiger partial charge is 0.453 e. The molecule has 0 radical (unpaired) electrons.